The number of nitrogen functional groups attached to an aromatic ring is 1. The Labute approximate surface area is 140 Å². The van der Waals surface area contributed by atoms with E-state index in [0.717, 1.165) is 25.1 Å². The maximum Gasteiger partial charge on any atom is 0.255 e. The second kappa shape index (κ2) is 6.55. The highest BCUT2D eigenvalue weighted by Gasteiger charge is 2.31. The van der Waals surface area contributed by atoms with Crippen LogP contribution in [0.5, 0.6) is 5.75 Å². The number of piperidine rings is 1. The van der Waals surface area contributed by atoms with E-state index in [1.54, 1.807) is 13.2 Å². The van der Waals surface area contributed by atoms with Crippen LogP contribution in [0.2, 0.25) is 5.02 Å². The van der Waals surface area contributed by atoms with Crippen molar-refractivity contribution in [1.29, 1.82) is 0 Å². The smallest absolute Gasteiger partial charge is 0.255 e. The van der Waals surface area contributed by atoms with Crippen molar-refractivity contribution in [2.24, 2.45) is 0 Å². The number of carbonyl (C=O) groups is 1. The molecule has 2 heterocycles. The zero-order chi connectivity index (χ0) is 16.6. The van der Waals surface area contributed by atoms with Gasteiger partial charge in [-0.05, 0) is 26.0 Å². The van der Waals surface area contributed by atoms with Gasteiger partial charge in [0, 0.05) is 25.6 Å². The Hall–Kier alpha value is -1.50. The number of halogens is 1. The molecule has 1 saturated heterocycles. The number of methoxy groups -OCH3 is 1. The molecular formula is C16H22ClN3O3. The highest BCUT2D eigenvalue weighted by Crippen LogP contribution is 2.40. The highest BCUT2D eigenvalue weighted by molar-refractivity contribution is 6.33. The number of hydrogen-bond donors (Lipinski definition) is 3. The fourth-order valence-corrected chi connectivity index (χ4v) is 3.45. The molecule has 3 atom stereocenters. The monoisotopic (exact) mass is 339 g/mol. The second-order valence-corrected chi connectivity index (χ2v) is 6.51. The van der Waals surface area contributed by atoms with Crippen LogP contribution in [-0.2, 0) is 11.2 Å². The molecule has 1 aromatic carbocycles. The molecule has 0 saturated carbocycles. The van der Waals surface area contributed by atoms with Crippen LogP contribution in [-0.4, -0.2) is 44.4 Å². The maximum atomic E-state index is 12.7. The molecule has 1 unspecified atom stereocenters. The Kier molecular flexibility index (Phi) is 4.66. The summed E-state index contributed by atoms with van der Waals surface area (Å²) in [5, 5.41) is 6.69. The summed E-state index contributed by atoms with van der Waals surface area (Å²) >= 11 is 6.19. The minimum atomic E-state index is -0.203. The van der Waals surface area contributed by atoms with Gasteiger partial charge in [0.15, 0.2) is 0 Å². The lowest BCUT2D eigenvalue weighted by atomic mass is 10.0. The first-order valence-electron chi connectivity index (χ1n) is 7.83. The molecule has 0 aliphatic carbocycles. The Morgan fingerprint density at radius 1 is 1.57 bits per heavy atom. The van der Waals surface area contributed by atoms with Crippen LogP contribution >= 0.6 is 11.6 Å². The number of anilines is 1. The van der Waals surface area contributed by atoms with E-state index >= 15 is 0 Å². The van der Waals surface area contributed by atoms with Crippen molar-refractivity contribution in [3.05, 3.63) is 22.2 Å². The normalized spacial score (nSPS) is 26.5. The first-order chi connectivity index (χ1) is 11.0. The van der Waals surface area contributed by atoms with E-state index < -0.39 is 0 Å². The fraction of sp³-hybridized carbons (Fsp3) is 0.562. The minimum absolute atomic E-state index is 0.0112. The van der Waals surface area contributed by atoms with E-state index in [0.29, 0.717) is 28.4 Å². The molecule has 1 aromatic rings. The number of benzene rings is 1. The molecule has 23 heavy (non-hydrogen) atoms. The topological polar surface area (TPSA) is 85.6 Å². The number of rotatable bonds is 3. The van der Waals surface area contributed by atoms with Gasteiger partial charge in [0.05, 0.1) is 28.4 Å². The van der Waals surface area contributed by atoms with Gasteiger partial charge in [-0.1, -0.05) is 11.6 Å². The number of nitrogens with one attached hydrogen (secondary N) is 2. The summed E-state index contributed by atoms with van der Waals surface area (Å²) in [6, 6.07) is 1.55. The molecular weight excluding hydrogens is 318 g/mol. The van der Waals surface area contributed by atoms with Crippen molar-refractivity contribution in [2.75, 3.05) is 25.9 Å². The Balaban J connectivity index is 1.86. The summed E-state index contributed by atoms with van der Waals surface area (Å²) in [5.74, 6) is 0.353. The van der Waals surface area contributed by atoms with E-state index in [9.17, 15) is 4.79 Å². The molecule has 0 spiro atoms. The van der Waals surface area contributed by atoms with Gasteiger partial charge < -0.3 is 25.8 Å². The lowest BCUT2D eigenvalue weighted by Gasteiger charge is -2.31. The Morgan fingerprint density at radius 3 is 3.09 bits per heavy atom. The molecule has 0 bridgehead atoms. The number of nitrogens with two attached hydrogens (primary N) is 1. The quantitative estimate of drug-likeness (QED) is 0.724. The van der Waals surface area contributed by atoms with Crippen LogP contribution in [0.1, 0.15) is 29.3 Å². The maximum absolute atomic E-state index is 12.7. The van der Waals surface area contributed by atoms with E-state index in [1.165, 1.54) is 0 Å². The molecule has 126 valence electrons. The number of ether oxygens (including phenoxy) is 2. The average molecular weight is 340 g/mol. The number of amides is 1. The number of carbonyl (C=O) groups excluding carboxylic acids is 1. The summed E-state index contributed by atoms with van der Waals surface area (Å²) in [6.45, 7) is 3.51. The molecule has 2 aliphatic rings. The third-order valence-corrected chi connectivity index (χ3v) is 4.79. The van der Waals surface area contributed by atoms with E-state index in [2.05, 4.69) is 10.6 Å². The third-order valence-electron chi connectivity index (χ3n) is 4.47. The SMILES string of the molecule is CO[C@H]1CNCC[C@H]1NC(=O)c1cc(Cl)c(N)c2c1OC(C)C2. The van der Waals surface area contributed by atoms with Crippen molar-refractivity contribution >= 4 is 23.2 Å². The van der Waals surface area contributed by atoms with Crippen LogP contribution < -0.4 is 21.1 Å². The van der Waals surface area contributed by atoms with Gasteiger partial charge in [0.2, 0.25) is 0 Å². The van der Waals surface area contributed by atoms with E-state index in [4.69, 9.17) is 26.8 Å². The molecule has 4 N–H and O–H groups in total. The third kappa shape index (κ3) is 3.11. The molecule has 3 rings (SSSR count). The van der Waals surface area contributed by atoms with Crippen LogP contribution in [0.4, 0.5) is 5.69 Å². The van der Waals surface area contributed by atoms with Gasteiger partial charge in [0.25, 0.3) is 5.91 Å². The van der Waals surface area contributed by atoms with Gasteiger partial charge in [-0.15, -0.1) is 0 Å². The average Bonchev–Trinajstić information content (AvgIpc) is 2.93. The van der Waals surface area contributed by atoms with Crippen molar-refractivity contribution in [2.45, 2.75) is 38.0 Å². The summed E-state index contributed by atoms with van der Waals surface area (Å²) in [7, 11) is 1.65. The van der Waals surface area contributed by atoms with Crippen LogP contribution in [0.3, 0.4) is 0 Å². The van der Waals surface area contributed by atoms with Crippen molar-refractivity contribution in [1.82, 2.24) is 10.6 Å². The summed E-state index contributed by atoms with van der Waals surface area (Å²) in [6.07, 6.45) is 1.41. The molecule has 1 fully saturated rings. The molecule has 1 amide bonds. The van der Waals surface area contributed by atoms with E-state index in [1.807, 2.05) is 6.92 Å². The Morgan fingerprint density at radius 2 is 2.35 bits per heavy atom. The van der Waals surface area contributed by atoms with Crippen molar-refractivity contribution in [3.63, 3.8) is 0 Å². The summed E-state index contributed by atoms with van der Waals surface area (Å²) in [5.41, 5.74) is 7.78. The summed E-state index contributed by atoms with van der Waals surface area (Å²) < 4.78 is 11.2. The number of hydrogen-bond acceptors (Lipinski definition) is 5. The van der Waals surface area contributed by atoms with Crippen LogP contribution in [0.15, 0.2) is 6.07 Å². The predicted molar refractivity (Wildman–Crippen MR) is 89.2 cm³/mol. The predicted octanol–water partition coefficient (Wildman–Crippen LogP) is 1.35. The molecule has 2 aliphatic heterocycles. The Bertz CT molecular complexity index is 623. The first kappa shape index (κ1) is 16.4. The molecule has 6 nitrogen and oxygen atoms in total. The largest absolute Gasteiger partial charge is 0.489 e. The zero-order valence-corrected chi connectivity index (χ0v) is 14.1. The first-order valence-corrected chi connectivity index (χ1v) is 8.21. The van der Waals surface area contributed by atoms with Gasteiger partial charge in [-0.2, -0.15) is 0 Å². The second-order valence-electron chi connectivity index (χ2n) is 6.11. The van der Waals surface area contributed by atoms with Gasteiger partial charge in [0.1, 0.15) is 11.9 Å². The van der Waals surface area contributed by atoms with Crippen LogP contribution in [0, 0.1) is 0 Å². The minimum Gasteiger partial charge on any atom is -0.489 e. The lowest BCUT2D eigenvalue weighted by Crippen LogP contribution is -2.53. The van der Waals surface area contributed by atoms with Crippen molar-refractivity contribution < 1.29 is 14.3 Å². The molecule has 0 radical (unpaired) electrons. The van der Waals surface area contributed by atoms with Gasteiger partial charge in [-0.25, -0.2) is 0 Å². The molecule has 7 heteroatoms. The van der Waals surface area contributed by atoms with Gasteiger partial charge in [-0.3, -0.25) is 4.79 Å². The van der Waals surface area contributed by atoms with Crippen molar-refractivity contribution in [3.8, 4) is 5.75 Å². The summed E-state index contributed by atoms with van der Waals surface area (Å²) in [4.78, 5) is 12.7. The fourth-order valence-electron chi connectivity index (χ4n) is 3.22. The number of fused-ring (bicyclic) bond motifs is 1. The lowest BCUT2D eigenvalue weighted by molar-refractivity contribution is 0.0475. The standard InChI is InChI=1S/C16H22ClN3O3/c1-8-5-9-14(18)11(17)6-10(15(9)23-8)16(21)20-12-3-4-19-7-13(12)22-2/h6,8,12-13,19H,3-5,7,18H2,1-2H3,(H,20,21)/t8?,12-,13+/m1/s1. The van der Waals surface area contributed by atoms with Gasteiger partial charge >= 0.3 is 0 Å². The van der Waals surface area contributed by atoms with E-state index in [-0.39, 0.29) is 24.2 Å². The molecule has 0 aromatic heterocycles. The van der Waals surface area contributed by atoms with Crippen LogP contribution in [0.25, 0.3) is 0 Å². The highest BCUT2D eigenvalue weighted by atomic mass is 35.5. The zero-order valence-electron chi connectivity index (χ0n) is 13.3.